The summed E-state index contributed by atoms with van der Waals surface area (Å²) in [6.45, 7) is 15.1. The highest BCUT2D eigenvalue weighted by Gasteiger charge is 2.23. The van der Waals surface area contributed by atoms with Crippen molar-refractivity contribution < 1.29 is 0 Å². The molecule has 0 fully saturated rings. The van der Waals surface area contributed by atoms with Gasteiger partial charge in [-0.05, 0) is 25.3 Å². The normalized spacial score (nSPS) is 12.3. The SMILES string of the molecule is Cc1nc(C)c(C(C)C)c(C(C)(C)C)n1. The van der Waals surface area contributed by atoms with Gasteiger partial charge in [-0.3, -0.25) is 0 Å². The molecule has 0 saturated heterocycles. The standard InChI is InChI=1S/C13H22N2/c1-8(2)11-9(3)14-10(4)15-12(11)13(5,6)7/h8H,1-7H3. The second-order valence-electron chi connectivity index (χ2n) is 5.52. The smallest absolute Gasteiger partial charge is 0.125 e. The first-order chi connectivity index (χ1) is 6.73. The number of aromatic nitrogens is 2. The van der Waals surface area contributed by atoms with Gasteiger partial charge in [-0.15, -0.1) is 0 Å². The van der Waals surface area contributed by atoms with Gasteiger partial charge in [0.05, 0.1) is 5.69 Å². The van der Waals surface area contributed by atoms with Crippen molar-refractivity contribution in [1.82, 2.24) is 9.97 Å². The van der Waals surface area contributed by atoms with E-state index in [4.69, 9.17) is 0 Å². The summed E-state index contributed by atoms with van der Waals surface area (Å²) in [5.74, 6) is 1.36. The van der Waals surface area contributed by atoms with Crippen LogP contribution < -0.4 is 0 Å². The summed E-state index contributed by atoms with van der Waals surface area (Å²) in [5, 5.41) is 0. The quantitative estimate of drug-likeness (QED) is 0.702. The zero-order valence-corrected chi connectivity index (χ0v) is 11.0. The molecule has 1 rings (SSSR count). The maximum atomic E-state index is 4.62. The molecule has 2 heteroatoms. The van der Waals surface area contributed by atoms with Crippen LogP contribution in [-0.4, -0.2) is 9.97 Å². The largest absolute Gasteiger partial charge is 0.238 e. The molecule has 0 N–H and O–H groups in total. The maximum absolute atomic E-state index is 4.62. The van der Waals surface area contributed by atoms with Crippen LogP contribution in [0.25, 0.3) is 0 Å². The van der Waals surface area contributed by atoms with Gasteiger partial charge in [0, 0.05) is 11.1 Å². The Hall–Kier alpha value is -0.920. The Morgan fingerprint density at radius 2 is 1.53 bits per heavy atom. The Kier molecular flexibility index (Phi) is 3.17. The molecule has 1 aromatic rings. The van der Waals surface area contributed by atoms with Crippen molar-refractivity contribution in [2.75, 3.05) is 0 Å². The fourth-order valence-corrected chi connectivity index (χ4v) is 1.98. The van der Waals surface area contributed by atoms with Gasteiger partial charge in [0.25, 0.3) is 0 Å². The van der Waals surface area contributed by atoms with Crippen molar-refractivity contribution >= 4 is 0 Å². The van der Waals surface area contributed by atoms with E-state index >= 15 is 0 Å². The van der Waals surface area contributed by atoms with E-state index < -0.39 is 0 Å². The third-order valence-corrected chi connectivity index (χ3v) is 2.54. The van der Waals surface area contributed by atoms with Crippen molar-refractivity contribution in [2.45, 2.75) is 59.8 Å². The van der Waals surface area contributed by atoms with Gasteiger partial charge in [-0.2, -0.15) is 0 Å². The van der Waals surface area contributed by atoms with E-state index in [2.05, 4.69) is 51.5 Å². The van der Waals surface area contributed by atoms with Gasteiger partial charge in [-0.1, -0.05) is 34.6 Å². The van der Waals surface area contributed by atoms with Crippen molar-refractivity contribution in [1.29, 1.82) is 0 Å². The Bertz CT molecular complexity index is 360. The first kappa shape index (κ1) is 12.2. The predicted molar refractivity (Wildman–Crippen MR) is 64.3 cm³/mol. The number of nitrogens with zero attached hydrogens (tertiary/aromatic N) is 2. The Balaban J connectivity index is 3.47. The molecule has 2 nitrogen and oxygen atoms in total. The Morgan fingerprint density at radius 1 is 1.00 bits per heavy atom. The summed E-state index contributed by atoms with van der Waals surface area (Å²) in [6, 6.07) is 0. The molecular formula is C13H22N2. The lowest BCUT2D eigenvalue weighted by Crippen LogP contribution is -2.20. The van der Waals surface area contributed by atoms with Crippen molar-refractivity contribution in [2.24, 2.45) is 0 Å². The first-order valence-corrected chi connectivity index (χ1v) is 5.59. The van der Waals surface area contributed by atoms with Gasteiger partial charge >= 0.3 is 0 Å². The Morgan fingerprint density at radius 3 is 1.93 bits per heavy atom. The summed E-state index contributed by atoms with van der Waals surface area (Å²) < 4.78 is 0. The molecule has 84 valence electrons. The predicted octanol–water partition coefficient (Wildman–Crippen LogP) is 3.51. The lowest BCUT2D eigenvalue weighted by atomic mass is 9.84. The van der Waals surface area contributed by atoms with Crippen LogP contribution >= 0.6 is 0 Å². The number of rotatable bonds is 1. The van der Waals surface area contributed by atoms with E-state index in [1.807, 2.05) is 6.92 Å². The highest BCUT2D eigenvalue weighted by atomic mass is 14.9. The van der Waals surface area contributed by atoms with Gasteiger partial charge in [0.1, 0.15) is 5.82 Å². The first-order valence-electron chi connectivity index (χ1n) is 5.59. The second kappa shape index (κ2) is 3.92. The molecule has 0 spiro atoms. The van der Waals surface area contributed by atoms with Gasteiger partial charge in [0.15, 0.2) is 0 Å². The van der Waals surface area contributed by atoms with Crippen LogP contribution in [0, 0.1) is 13.8 Å². The molecule has 0 atom stereocenters. The van der Waals surface area contributed by atoms with Crippen molar-refractivity contribution in [3.8, 4) is 0 Å². The van der Waals surface area contributed by atoms with E-state index in [0.717, 1.165) is 11.5 Å². The fraction of sp³-hybridized carbons (Fsp3) is 0.692. The minimum absolute atomic E-state index is 0.0953. The lowest BCUT2D eigenvalue weighted by molar-refractivity contribution is 0.547. The summed E-state index contributed by atoms with van der Waals surface area (Å²) in [6.07, 6.45) is 0. The minimum atomic E-state index is 0.0953. The van der Waals surface area contributed by atoms with Crippen molar-refractivity contribution in [3.05, 3.63) is 22.8 Å². The molecule has 1 heterocycles. The fourth-order valence-electron chi connectivity index (χ4n) is 1.98. The average molecular weight is 206 g/mol. The van der Waals surface area contributed by atoms with Crippen molar-refractivity contribution in [3.63, 3.8) is 0 Å². The molecule has 1 aromatic heterocycles. The molecule has 0 aromatic carbocycles. The molecule has 0 amide bonds. The summed E-state index contributed by atoms with van der Waals surface area (Å²) in [5.41, 5.74) is 3.73. The van der Waals surface area contributed by atoms with Crippen LogP contribution in [0.3, 0.4) is 0 Å². The third kappa shape index (κ3) is 2.55. The van der Waals surface area contributed by atoms with Crippen LogP contribution in [0.15, 0.2) is 0 Å². The van der Waals surface area contributed by atoms with E-state index in [9.17, 15) is 0 Å². The topological polar surface area (TPSA) is 25.8 Å². The maximum Gasteiger partial charge on any atom is 0.125 e. The third-order valence-electron chi connectivity index (χ3n) is 2.54. The summed E-state index contributed by atoms with van der Waals surface area (Å²) in [4.78, 5) is 9.07. The molecule has 0 aliphatic heterocycles. The molecule has 0 saturated carbocycles. The van der Waals surface area contributed by atoms with Crippen LogP contribution in [0.1, 0.15) is 63.3 Å². The molecular weight excluding hydrogens is 184 g/mol. The number of hydrogen-bond donors (Lipinski definition) is 0. The van der Waals surface area contributed by atoms with Gasteiger partial charge < -0.3 is 0 Å². The number of aryl methyl sites for hydroxylation is 2. The van der Waals surface area contributed by atoms with Crippen LogP contribution in [-0.2, 0) is 5.41 Å². The monoisotopic (exact) mass is 206 g/mol. The highest BCUT2D eigenvalue weighted by molar-refractivity contribution is 5.32. The van der Waals surface area contributed by atoms with E-state index in [1.54, 1.807) is 0 Å². The number of hydrogen-bond acceptors (Lipinski definition) is 2. The molecule has 0 unspecified atom stereocenters. The molecule has 0 radical (unpaired) electrons. The van der Waals surface area contributed by atoms with Gasteiger partial charge in [0.2, 0.25) is 0 Å². The second-order valence-corrected chi connectivity index (χ2v) is 5.52. The molecule has 15 heavy (non-hydrogen) atoms. The highest BCUT2D eigenvalue weighted by Crippen LogP contribution is 2.30. The summed E-state index contributed by atoms with van der Waals surface area (Å²) in [7, 11) is 0. The summed E-state index contributed by atoms with van der Waals surface area (Å²) >= 11 is 0. The Labute approximate surface area is 93.2 Å². The zero-order valence-electron chi connectivity index (χ0n) is 11.0. The van der Waals surface area contributed by atoms with Gasteiger partial charge in [-0.25, -0.2) is 9.97 Å². The molecule has 0 aliphatic rings. The van der Waals surface area contributed by atoms with Crippen LogP contribution in [0.4, 0.5) is 0 Å². The van der Waals surface area contributed by atoms with E-state index in [1.165, 1.54) is 11.3 Å². The van der Waals surface area contributed by atoms with Crippen LogP contribution in [0.2, 0.25) is 0 Å². The molecule has 0 bridgehead atoms. The minimum Gasteiger partial charge on any atom is -0.238 e. The van der Waals surface area contributed by atoms with E-state index in [0.29, 0.717) is 5.92 Å². The van der Waals surface area contributed by atoms with E-state index in [-0.39, 0.29) is 5.41 Å². The average Bonchev–Trinajstić information content (AvgIpc) is 1.99. The van der Waals surface area contributed by atoms with Crippen LogP contribution in [0.5, 0.6) is 0 Å². The lowest BCUT2D eigenvalue weighted by Gasteiger charge is -2.24. The zero-order chi connectivity index (χ0) is 11.8. The molecule has 0 aliphatic carbocycles.